The van der Waals surface area contributed by atoms with Gasteiger partial charge in [-0.1, -0.05) is 24.3 Å². The minimum atomic E-state index is -4.44. The van der Waals surface area contributed by atoms with Crippen molar-refractivity contribution in [2.45, 2.75) is 13.2 Å². The lowest BCUT2D eigenvalue weighted by Gasteiger charge is -2.12. The van der Waals surface area contributed by atoms with Gasteiger partial charge in [0.2, 0.25) is 0 Å². The van der Waals surface area contributed by atoms with Gasteiger partial charge in [-0.05, 0) is 11.1 Å². The van der Waals surface area contributed by atoms with Crippen LogP contribution in [0.3, 0.4) is 0 Å². The van der Waals surface area contributed by atoms with Crippen LogP contribution >= 0.6 is 7.82 Å². The first-order chi connectivity index (χ1) is 11.8. The summed E-state index contributed by atoms with van der Waals surface area (Å²) in [6.07, 6.45) is 0. The van der Waals surface area contributed by atoms with E-state index < -0.39 is 17.7 Å². The number of phosphoric ester groups is 1. The van der Waals surface area contributed by atoms with Gasteiger partial charge in [0, 0.05) is 24.3 Å². The average Bonchev–Trinajstić information content (AvgIpc) is 2.59. The van der Waals surface area contributed by atoms with E-state index in [9.17, 15) is 29.7 Å². The summed E-state index contributed by atoms with van der Waals surface area (Å²) in [5, 5.41) is 21.4. The Balaban J connectivity index is 1.94. The van der Waals surface area contributed by atoms with Crippen molar-refractivity contribution in [2.75, 3.05) is 0 Å². The van der Waals surface area contributed by atoms with Crippen molar-refractivity contribution in [3.8, 4) is 0 Å². The molecule has 11 heteroatoms. The van der Waals surface area contributed by atoms with Crippen molar-refractivity contribution in [1.29, 1.82) is 0 Å². The molecule has 132 valence electrons. The molecule has 0 saturated heterocycles. The third kappa shape index (κ3) is 5.73. The van der Waals surface area contributed by atoms with Crippen LogP contribution in [0.1, 0.15) is 11.1 Å². The van der Waals surface area contributed by atoms with Crippen LogP contribution in [0.5, 0.6) is 0 Å². The van der Waals surface area contributed by atoms with E-state index >= 15 is 0 Å². The minimum Gasteiger partial charge on any atom is -0.302 e. The number of nitro groups is 2. The summed E-state index contributed by atoms with van der Waals surface area (Å²) in [6.45, 7) is -0.741. The molecule has 0 aromatic heterocycles. The molecule has 0 atom stereocenters. The number of hydrogen-bond donors (Lipinski definition) is 1. The first-order valence-electron chi connectivity index (χ1n) is 6.85. The Morgan fingerprint density at radius 2 is 1.28 bits per heavy atom. The second-order valence-electron chi connectivity index (χ2n) is 4.87. The van der Waals surface area contributed by atoms with E-state index in [1.165, 1.54) is 48.5 Å². The van der Waals surface area contributed by atoms with E-state index in [-0.39, 0.29) is 24.6 Å². The normalized spacial score (nSPS) is 11.2. The molecular formula is C14H13N2O8P. The molecule has 0 unspecified atom stereocenters. The Kier molecular flexibility index (Phi) is 5.94. The third-order valence-corrected chi connectivity index (χ3v) is 3.94. The third-order valence-electron chi connectivity index (χ3n) is 3.03. The van der Waals surface area contributed by atoms with Gasteiger partial charge in [0.25, 0.3) is 11.4 Å². The topological polar surface area (TPSA) is 142 Å². The van der Waals surface area contributed by atoms with E-state index in [4.69, 9.17) is 9.05 Å². The molecular weight excluding hydrogens is 355 g/mol. The summed E-state index contributed by atoms with van der Waals surface area (Å²) in [6, 6.07) is 10.8. The number of hydrogen-bond acceptors (Lipinski definition) is 7. The van der Waals surface area contributed by atoms with Gasteiger partial charge in [-0.15, -0.1) is 0 Å². The smallest absolute Gasteiger partial charge is 0.302 e. The maximum absolute atomic E-state index is 11.8. The number of non-ortho nitro benzene ring substituents is 2. The summed E-state index contributed by atoms with van der Waals surface area (Å²) < 4.78 is 21.4. The Morgan fingerprint density at radius 3 is 1.64 bits per heavy atom. The van der Waals surface area contributed by atoms with E-state index in [1.807, 2.05) is 0 Å². The van der Waals surface area contributed by atoms with Gasteiger partial charge in [-0.3, -0.25) is 29.3 Å². The van der Waals surface area contributed by atoms with Gasteiger partial charge in [-0.2, -0.15) is 0 Å². The molecule has 0 radical (unpaired) electrons. The predicted molar refractivity (Wildman–Crippen MR) is 85.6 cm³/mol. The van der Waals surface area contributed by atoms with Crippen LogP contribution in [0.2, 0.25) is 0 Å². The molecule has 2 aromatic carbocycles. The zero-order valence-corrected chi connectivity index (χ0v) is 13.6. The highest BCUT2D eigenvalue weighted by Crippen LogP contribution is 2.45. The summed E-state index contributed by atoms with van der Waals surface area (Å²) in [7, 11) is -4.44. The zero-order chi connectivity index (χ0) is 18.4. The van der Waals surface area contributed by atoms with Crippen molar-refractivity contribution in [3.05, 3.63) is 79.9 Å². The first kappa shape index (κ1) is 18.7. The van der Waals surface area contributed by atoms with E-state index in [0.717, 1.165) is 0 Å². The van der Waals surface area contributed by atoms with Crippen molar-refractivity contribution >= 4 is 19.2 Å². The van der Waals surface area contributed by atoms with Crippen LogP contribution in [0.4, 0.5) is 11.4 Å². The molecule has 0 fully saturated rings. The summed E-state index contributed by atoms with van der Waals surface area (Å²) in [4.78, 5) is 29.8. The van der Waals surface area contributed by atoms with Crippen LogP contribution in [0, 0.1) is 20.2 Å². The van der Waals surface area contributed by atoms with Crippen LogP contribution in [0.25, 0.3) is 0 Å². The molecule has 0 bridgehead atoms. The predicted octanol–water partition coefficient (Wildman–Crippen LogP) is 3.34. The highest BCUT2D eigenvalue weighted by atomic mass is 31.2. The highest BCUT2D eigenvalue weighted by molar-refractivity contribution is 7.47. The number of nitrogens with zero attached hydrogens (tertiary/aromatic N) is 2. The molecule has 0 heterocycles. The lowest BCUT2D eigenvalue weighted by Crippen LogP contribution is -1.98. The van der Waals surface area contributed by atoms with Crippen LogP contribution in [-0.4, -0.2) is 14.7 Å². The number of benzene rings is 2. The summed E-state index contributed by atoms with van der Waals surface area (Å²) >= 11 is 0. The minimum absolute atomic E-state index is 0.175. The summed E-state index contributed by atoms with van der Waals surface area (Å²) in [5.74, 6) is 0. The van der Waals surface area contributed by atoms with Gasteiger partial charge in [0.05, 0.1) is 23.1 Å². The lowest BCUT2D eigenvalue weighted by molar-refractivity contribution is -0.385. The lowest BCUT2D eigenvalue weighted by atomic mass is 10.2. The molecule has 2 aromatic rings. The average molecular weight is 368 g/mol. The van der Waals surface area contributed by atoms with Crippen molar-refractivity contribution < 1.29 is 28.4 Å². The molecule has 25 heavy (non-hydrogen) atoms. The fourth-order valence-corrected chi connectivity index (χ4v) is 2.57. The second kappa shape index (κ2) is 7.95. The molecule has 1 N–H and O–H groups in total. The standard InChI is InChI=1S/C14H13N2O8P/c17-15(18)13-5-1-3-11(7-13)9-23-25(21,22)24-10-12-4-2-6-14(8-12)16(19)20/h1-8H,9-10H2,(H,21,22). The van der Waals surface area contributed by atoms with Crippen LogP contribution in [-0.2, 0) is 26.8 Å². The molecule has 0 aliphatic rings. The van der Waals surface area contributed by atoms with Crippen LogP contribution in [0.15, 0.2) is 48.5 Å². The molecule has 0 spiro atoms. The van der Waals surface area contributed by atoms with Crippen LogP contribution < -0.4 is 0 Å². The number of phosphoric acid groups is 1. The van der Waals surface area contributed by atoms with Gasteiger partial charge < -0.3 is 4.89 Å². The van der Waals surface area contributed by atoms with Gasteiger partial charge in [-0.25, -0.2) is 4.57 Å². The largest absolute Gasteiger partial charge is 0.472 e. The summed E-state index contributed by atoms with van der Waals surface area (Å²) in [5.41, 5.74) is 0.294. The van der Waals surface area contributed by atoms with Gasteiger partial charge in [0.1, 0.15) is 0 Å². The second-order valence-corrected chi connectivity index (χ2v) is 6.32. The number of nitro benzene ring substituents is 2. The highest BCUT2D eigenvalue weighted by Gasteiger charge is 2.22. The zero-order valence-electron chi connectivity index (χ0n) is 12.7. The van der Waals surface area contributed by atoms with E-state index in [1.54, 1.807) is 0 Å². The monoisotopic (exact) mass is 368 g/mol. The molecule has 2 rings (SSSR count). The van der Waals surface area contributed by atoms with E-state index in [2.05, 4.69) is 0 Å². The van der Waals surface area contributed by atoms with Crippen molar-refractivity contribution in [3.63, 3.8) is 0 Å². The van der Waals surface area contributed by atoms with Crippen molar-refractivity contribution in [1.82, 2.24) is 0 Å². The molecule has 10 nitrogen and oxygen atoms in total. The number of rotatable bonds is 8. The quantitative estimate of drug-likeness (QED) is 0.425. The molecule has 0 amide bonds. The molecule has 0 aliphatic heterocycles. The van der Waals surface area contributed by atoms with Crippen molar-refractivity contribution in [2.24, 2.45) is 0 Å². The van der Waals surface area contributed by atoms with Gasteiger partial charge >= 0.3 is 7.82 Å². The van der Waals surface area contributed by atoms with Gasteiger partial charge in [0.15, 0.2) is 0 Å². The Labute approximate surface area is 141 Å². The first-order valence-corrected chi connectivity index (χ1v) is 8.35. The fourth-order valence-electron chi connectivity index (χ4n) is 1.87. The molecule has 0 aliphatic carbocycles. The Bertz CT molecular complexity index is 776. The SMILES string of the molecule is O=[N+]([O-])c1cccc(COP(=O)(O)OCc2cccc([N+](=O)[O-])c2)c1. The van der Waals surface area contributed by atoms with E-state index in [0.29, 0.717) is 11.1 Å². The molecule has 0 saturated carbocycles. The maximum atomic E-state index is 11.8. The fraction of sp³-hybridized carbons (Fsp3) is 0.143. The Morgan fingerprint density at radius 1 is 0.880 bits per heavy atom. The Hall–Kier alpha value is -2.65. The maximum Gasteiger partial charge on any atom is 0.472 e.